The third-order valence-electron chi connectivity index (χ3n) is 3.29. The van der Waals surface area contributed by atoms with Gasteiger partial charge in [-0.3, -0.25) is 4.90 Å². The van der Waals surface area contributed by atoms with Gasteiger partial charge in [0.2, 0.25) is 0 Å². The predicted octanol–water partition coefficient (Wildman–Crippen LogP) is 3.14. The largest absolute Gasteiger partial charge is 0.493 e. The summed E-state index contributed by atoms with van der Waals surface area (Å²) in [6.07, 6.45) is 3.92. The Morgan fingerprint density at radius 2 is 1.90 bits per heavy atom. The zero-order valence-electron chi connectivity index (χ0n) is 12.2. The van der Waals surface area contributed by atoms with E-state index in [9.17, 15) is 0 Å². The van der Waals surface area contributed by atoms with Crippen molar-refractivity contribution in [2.45, 2.75) is 26.8 Å². The third kappa shape index (κ3) is 4.38. The standard InChI is InChI=1S/C16H22N2O2/c1-3-18(4-2)13-14-5-7-15(8-6-14)19-11-9-16-17-10-12-20-16/h5-8,10,12H,3-4,9,11,13H2,1-2H3. The van der Waals surface area contributed by atoms with Crippen LogP contribution in [0, 0.1) is 0 Å². The zero-order chi connectivity index (χ0) is 14.2. The molecule has 0 saturated heterocycles. The summed E-state index contributed by atoms with van der Waals surface area (Å²) in [5.74, 6) is 1.60. The monoisotopic (exact) mass is 274 g/mol. The van der Waals surface area contributed by atoms with Crippen LogP contribution in [0.4, 0.5) is 0 Å². The van der Waals surface area contributed by atoms with E-state index in [0.29, 0.717) is 18.9 Å². The molecule has 1 aromatic carbocycles. The first-order valence-corrected chi connectivity index (χ1v) is 7.14. The van der Waals surface area contributed by atoms with Crippen LogP contribution in [0.3, 0.4) is 0 Å². The second-order valence-corrected chi connectivity index (χ2v) is 4.63. The van der Waals surface area contributed by atoms with Gasteiger partial charge in [-0.2, -0.15) is 0 Å². The maximum atomic E-state index is 5.68. The minimum absolute atomic E-state index is 0.579. The van der Waals surface area contributed by atoms with Crippen molar-refractivity contribution < 1.29 is 9.15 Å². The van der Waals surface area contributed by atoms with Gasteiger partial charge < -0.3 is 9.15 Å². The maximum Gasteiger partial charge on any atom is 0.197 e. The summed E-state index contributed by atoms with van der Waals surface area (Å²) in [4.78, 5) is 6.45. The molecule has 0 aliphatic carbocycles. The molecular weight excluding hydrogens is 252 g/mol. The number of nitrogens with zero attached hydrogens (tertiary/aromatic N) is 2. The molecule has 1 aromatic heterocycles. The molecule has 0 unspecified atom stereocenters. The summed E-state index contributed by atoms with van der Waals surface area (Å²) < 4.78 is 10.8. The van der Waals surface area contributed by atoms with Gasteiger partial charge in [0.25, 0.3) is 0 Å². The number of rotatable bonds is 8. The summed E-state index contributed by atoms with van der Waals surface area (Å²) in [7, 11) is 0. The van der Waals surface area contributed by atoms with Crippen molar-refractivity contribution in [3.63, 3.8) is 0 Å². The normalized spacial score (nSPS) is 10.9. The molecule has 0 saturated carbocycles. The lowest BCUT2D eigenvalue weighted by molar-refractivity contribution is 0.294. The SMILES string of the molecule is CCN(CC)Cc1ccc(OCCc2ncco2)cc1. The predicted molar refractivity (Wildman–Crippen MR) is 78.8 cm³/mol. The smallest absolute Gasteiger partial charge is 0.197 e. The molecular formula is C16H22N2O2. The summed E-state index contributed by atoms with van der Waals surface area (Å²) in [6, 6.07) is 8.29. The first-order valence-electron chi connectivity index (χ1n) is 7.14. The van der Waals surface area contributed by atoms with Crippen LogP contribution in [0.25, 0.3) is 0 Å². The number of benzene rings is 1. The molecule has 1 heterocycles. The topological polar surface area (TPSA) is 38.5 Å². The second kappa shape index (κ2) is 7.70. The van der Waals surface area contributed by atoms with Gasteiger partial charge in [-0.1, -0.05) is 26.0 Å². The van der Waals surface area contributed by atoms with E-state index in [1.165, 1.54) is 5.56 Å². The highest BCUT2D eigenvalue weighted by molar-refractivity contribution is 5.27. The summed E-state index contributed by atoms with van der Waals surface area (Å²) in [5.41, 5.74) is 1.31. The van der Waals surface area contributed by atoms with E-state index < -0.39 is 0 Å². The van der Waals surface area contributed by atoms with Crippen LogP contribution in [-0.2, 0) is 13.0 Å². The molecule has 0 spiro atoms. The number of aromatic nitrogens is 1. The molecule has 0 bridgehead atoms. The van der Waals surface area contributed by atoms with E-state index in [4.69, 9.17) is 9.15 Å². The Hall–Kier alpha value is -1.81. The van der Waals surface area contributed by atoms with Gasteiger partial charge in [-0.25, -0.2) is 4.98 Å². The van der Waals surface area contributed by atoms with Crippen LogP contribution >= 0.6 is 0 Å². The van der Waals surface area contributed by atoms with Crippen LogP contribution in [0.15, 0.2) is 41.1 Å². The van der Waals surface area contributed by atoms with E-state index in [-0.39, 0.29) is 0 Å². The lowest BCUT2D eigenvalue weighted by Gasteiger charge is -2.18. The van der Waals surface area contributed by atoms with Crippen molar-refractivity contribution >= 4 is 0 Å². The molecule has 0 aliphatic heterocycles. The number of hydrogen-bond acceptors (Lipinski definition) is 4. The highest BCUT2D eigenvalue weighted by Gasteiger charge is 2.02. The van der Waals surface area contributed by atoms with Gasteiger partial charge in [0.05, 0.1) is 19.2 Å². The average Bonchev–Trinajstić information content (AvgIpc) is 2.99. The van der Waals surface area contributed by atoms with Crippen molar-refractivity contribution in [3.05, 3.63) is 48.2 Å². The molecule has 0 radical (unpaired) electrons. The molecule has 0 N–H and O–H groups in total. The summed E-state index contributed by atoms with van der Waals surface area (Å²) in [6.45, 7) is 8.09. The first-order chi connectivity index (χ1) is 9.81. The van der Waals surface area contributed by atoms with E-state index in [2.05, 4.69) is 35.9 Å². The fourth-order valence-corrected chi connectivity index (χ4v) is 2.03. The lowest BCUT2D eigenvalue weighted by Crippen LogP contribution is -2.21. The molecule has 2 aromatic rings. The zero-order valence-corrected chi connectivity index (χ0v) is 12.2. The second-order valence-electron chi connectivity index (χ2n) is 4.63. The van der Waals surface area contributed by atoms with E-state index in [0.717, 1.165) is 25.4 Å². The van der Waals surface area contributed by atoms with Gasteiger partial charge >= 0.3 is 0 Å². The first kappa shape index (κ1) is 14.6. The number of hydrogen-bond donors (Lipinski definition) is 0. The Labute approximate surface area is 120 Å². The van der Waals surface area contributed by atoms with Gasteiger partial charge in [0.1, 0.15) is 12.0 Å². The maximum absolute atomic E-state index is 5.68. The van der Waals surface area contributed by atoms with Crippen molar-refractivity contribution in [2.24, 2.45) is 0 Å². The van der Waals surface area contributed by atoms with E-state index in [1.54, 1.807) is 12.5 Å². The van der Waals surface area contributed by atoms with E-state index >= 15 is 0 Å². The highest BCUT2D eigenvalue weighted by Crippen LogP contribution is 2.14. The van der Waals surface area contributed by atoms with Crippen molar-refractivity contribution in [3.8, 4) is 5.75 Å². The Morgan fingerprint density at radius 1 is 1.15 bits per heavy atom. The summed E-state index contributed by atoms with van der Waals surface area (Å²) in [5, 5.41) is 0. The Morgan fingerprint density at radius 3 is 2.50 bits per heavy atom. The molecule has 0 atom stereocenters. The Kier molecular flexibility index (Phi) is 5.62. The lowest BCUT2D eigenvalue weighted by atomic mass is 10.2. The molecule has 0 aliphatic rings. The molecule has 0 fully saturated rings. The molecule has 108 valence electrons. The van der Waals surface area contributed by atoms with Crippen LogP contribution < -0.4 is 4.74 Å². The van der Waals surface area contributed by atoms with Crippen LogP contribution in [-0.4, -0.2) is 29.6 Å². The van der Waals surface area contributed by atoms with Crippen LogP contribution in [0.1, 0.15) is 25.3 Å². The molecule has 2 rings (SSSR count). The van der Waals surface area contributed by atoms with Crippen LogP contribution in [0.5, 0.6) is 5.75 Å². The molecule has 20 heavy (non-hydrogen) atoms. The fraction of sp³-hybridized carbons (Fsp3) is 0.438. The van der Waals surface area contributed by atoms with Crippen LogP contribution in [0.2, 0.25) is 0 Å². The van der Waals surface area contributed by atoms with Gasteiger partial charge in [-0.05, 0) is 30.8 Å². The molecule has 4 nitrogen and oxygen atoms in total. The van der Waals surface area contributed by atoms with Gasteiger partial charge in [-0.15, -0.1) is 0 Å². The average molecular weight is 274 g/mol. The minimum atomic E-state index is 0.579. The van der Waals surface area contributed by atoms with Gasteiger partial charge in [0, 0.05) is 6.54 Å². The molecule has 0 amide bonds. The minimum Gasteiger partial charge on any atom is -0.493 e. The quantitative estimate of drug-likeness (QED) is 0.741. The summed E-state index contributed by atoms with van der Waals surface area (Å²) >= 11 is 0. The van der Waals surface area contributed by atoms with E-state index in [1.807, 2.05) is 12.1 Å². The highest BCUT2D eigenvalue weighted by atomic mass is 16.5. The van der Waals surface area contributed by atoms with Crippen molar-refractivity contribution in [1.29, 1.82) is 0 Å². The molecule has 4 heteroatoms. The number of oxazole rings is 1. The Balaban J connectivity index is 1.79. The van der Waals surface area contributed by atoms with Gasteiger partial charge in [0.15, 0.2) is 5.89 Å². The third-order valence-corrected chi connectivity index (χ3v) is 3.29. The van der Waals surface area contributed by atoms with Crippen molar-refractivity contribution in [2.75, 3.05) is 19.7 Å². The number of ether oxygens (including phenoxy) is 1. The van der Waals surface area contributed by atoms with Crippen molar-refractivity contribution in [1.82, 2.24) is 9.88 Å². The Bertz CT molecular complexity index is 476. The fourth-order valence-electron chi connectivity index (χ4n) is 2.03.